The first-order valence-corrected chi connectivity index (χ1v) is 9.82. The fourth-order valence-corrected chi connectivity index (χ4v) is 3.58. The Balaban J connectivity index is 2.10. The van der Waals surface area contributed by atoms with Gasteiger partial charge >= 0.3 is 0 Å². The van der Waals surface area contributed by atoms with Crippen molar-refractivity contribution in [3.63, 3.8) is 0 Å². The monoisotopic (exact) mass is 378 g/mol. The number of sulfone groups is 1. The molecular weight excluding hydrogens is 361 g/mol. The number of rotatable bonds is 5. The minimum absolute atomic E-state index is 0.161. The van der Waals surface area contributed by atoms with Gasteiger partial charge in [0.25, 0.3) is 0 Å². The number of halogens is 3. The molecule has 136 valence electrons. The Bertz CT molecular complexity index is 969. The van der Waals surface area contributed by atoms with Crippen LogP contribution in [0.15, 0.2) is 65.6 Å². The van der Waals surface area contributed by atoms with E-state index in [1.807, 2.05) is 0 Å². The van der Waals surface area contributed by atoms with E-state index in [9.17, 15) is 21.6 Å². The van der Waals surface area contributed by atoms with Crippen molar-refractivity contribution in [2.75, 3.05) is 19.6 Å². The molecule has 0 N–H and O–H groups in total. The van der Waals surface area contributed by atoms with Gasteiger partial charge in [0.2, 0.25) is 0 Å². The van der Waals surface area contributed by atoms with Crippen molar-refractivity contribution in [1.29, 1.82) is 0 Å². The topological polar surface area (TPSA) is 34.1 Å². The summed E-state index contributed by atoms with van der Waals surface area (Å²) in [5.74, 6) is -0.405. The van der Waals surface area contributed by atoms with Crippen LogP contribution in [0.1, 0.15) is 11.1 Å². The number of hydrogen-bond donors (Lipinski definition) is 0. The van der Waals surface area contributed by atoms with E-state index in [2.05, 4.69) is 0 Å². The number of hydrogen-bond acceptors (Lipinski definition) is 2. The summed E-state index contributed by atoms with van der Waals surface area (Å²) < 4.78 is 63.6. The third-order valence-corrected chi connectivity index (χ3v) is 5.53. The Morgan fingerprint density at radius 1 is 0.808 bits per heavy atom. The van der Waals surface area contributed by atoms with Crippen molar-refractivity contribution < 1.29 is 21.6 Å². The van der Waals surface area contributed by atoms with Crippen LogP contribution in [0, 0.1) is 11.2 Å². The summed E-state index contributed by atoms with van der Waals surface area (Å²) in [5, 5.41) is 0. The number of allylic oxidation sites excluding steroid dienone is 4. The van der Waals surface area contributed by atoms with Gasteiger partial charge in [-0.2, -0.15) is 0 Å². The van der Waals surface area contributed by atoms with E-state index < -0.39 is 34.4 Å². The first-order valence-electron chi connectivity index (χ1n) is 7.92. The van der Waals surface area contributed by atoms with Crippen LogP contribution < -0.4 is 0 Å². The second-order valence-electron chi connectivity index (χ2n) is 6.42. The molecule has 0 amide bonds. The molecule has 2 aromatic rings. The molecule has 1 aliphatic rings. The molecule has 6 heteroatoms. The minimum Gasteiger partial charge on any atom is -0.250 e. The Morgan fingerprint density at radius 3 is 1.62 bits per heavy atom. The van der Waals surface area contributed by atoms with E-state index in [-0.39, 0.29) is 4.90 Å². The Kier molecular flexibility index (Phi) is 4.80. The van der Waals surface area contributed by atoms with Crippen LogP contribution in [0.3, 0.4) is 0 Å². The quantitative estimate of drug-likeness (QED) is 0.760. The highest BCUT2D eigenvalue weighted by molar-refractivity contribution is 7.90. The zero-order valence-corrected chi connectivity index (χ0v) is 14.9. The third-order valence-electron chi connectivity index (χ3n) is 4.40. The molecule has 0 aromatic heterocycles. The maximum atomic E-state index is 13.5. The van der Waals surface area contributed by atoms with Gasteiger partial charge in [0.05, 0.1) is 10.3 Å². The first kappa shape index (κ1) is 18.5. The number of alkyl halides is 2. The Labute approximate surface area is 150 Å². The minimum atomic E-state index is -3.34. The zero-order valence-electron chi connectivity index (χ0n) is 14.0. The highest BCUT2D eigenvalue weighted by atomic mass is 32.2. The highest BCUT2D eigenvalue weighted by Crippen LogP contribution is 2.44. The van der Waals surface area contributed by atoms with Crippen molar-refractivity contribution in [3.8, 4) is 0 Å². The average Bonchev–Trinajstić information content (AvgIpc) is 3.02. The van der Waals surface area contributed by atoms with Gasteiger partial charge in [0.1, 0.15) is 19.2 Å². The maximum Gasteiger partial charge on any atom is 0.175 e. The number of benzene rings is 2. The van der Waals surface area contributed by atoms with Gasteiger partial charge in [-0.05, 0) is 46.5 Å². The lowest BCUT2D eigenvalue weighted by molar-refractivity contribution is 0.265. The highest BCUT2D eigenvalue weighted by Gasteiger charge is 2.34. The van der Waals surface area contributed by atoms with Crippen molar-refractivity contribution in [2.45, 2.75) is 4.90 Å². The fourth-order valence-electron chi connectivity index (χ4n) is 2.95. The average molecular weight is 378 g/mol. The molecule has 2 nitrogen and oxygen atoms in total. The third kappa shape index (κ3) is 3.46. The molecule has 0 saturated heterocycles. The zero-order chi connectivity index (χ0) is 18.9. The molecule has 0 heterocycles. The molecule has 0 unspecified atom stereocenters. The van der Waals surface area contributed by atoms with Crippen LogP contribution in [-0.4, -0.2) is 28.0 Å². The molecule has 0 radical (unpaired) electrons. The predicted molar refractivity (Wildman–Crippen MR) is 96.3 cm³/mol. The summed E-state index contributed by atoms with van der Waals surface area (Å²) in [6.45, 7) is -1.81. The summed E-state index contributed by atoms with van der Waals surface area (Å²) in [7, 11) is -3.34. The normalized spacial score (nSPS) is 16.3. The van der Waals surface area contributed by atoms with Gasteiger partial charge in [0.15, 0.2) is 9.84 Å². The first-order chi connectivity index (χ1) is 12.3. The summed E-state index contributed by atoms with van der Waals surface area (Å²) >= 11 is 0. The van der Waals surface area contributed by atoms with Crippen LogP contribution in [-0.2, 0) is 9.84 Å². The van der Waals surface area contributed by atoms with Crippen molar-refractivity contribution in [1.82, 2.24) is 0 Å². The van der Waals surface area contributed by atoms with Crippen molar-refractivity contribution in [3.05, 3.63) is 77.6 Å². The van der Waals surface area contributed by atoms with Crippen LogP contribution in [0.25, 0.3) is 11.1 Å². The van der Waals surface area contributed by atoms with E-state index in [0.717, 1.165) is 6.26 Å². The molecule has 0 bridgehead atoms. The molecule has 2 aromatic carbocycles. The van der Waals surface area contributed by atoms with E-state index in [1.54, 1.807) is 24.3 Å². The van der Waals surface area contributed by atoms with Crippen LogP contribution >= 0.6 is 0 Å². The van der Waals surface area contributed by atoms with E-state index in [1.165, 1.54) is 36.4 Å². The van der Waals surface area contributed by atoms with Gasteiger partial charge in [-0.1, -0.05) is 36.4 Å². The summed E-state index contributed by atoms with van der Waals surface area (Å²) in [6, 6.07) is 11.8. The molecule has 0 fully saturated rings. The second kappa shape index (κ2) is 6.76. The van der Waals surface area contributed by atoms with Crippen LogP contribution in [0.5, 0.6) is 0 Å². The predicted octanol–water partition coefficient (Wildman–Crippen LogP) is 4.64. The second-order valence-corrected chi connectivity index (χ2v) is 8.44. The van der Waals surface area contributed by atoms with E-state index >= 15 is 0 Å². The molecule has 0 atom stereocenters. The summed E-state index contributed by atoms with van der Waals surface area (Å²) in [4.78, 5) is 0.161. The molecular formula is C20H17F3O2S. The van der Waals surface area contributed by atoms with Gasteiger partial charge in [-0.3, -0.25) is 0 Å². The van der Waals surface area contributed by atoms with Crippen LogP contribution in [0.4, 0.5) is 13.2 Å². The van der Waals surface area contributed by atoms with Crippen LogP contribution in [0.2, 0.25) is 0 Å². The van der Waals surface area contributed by atoms with Crippen molar-refractivity contribution >= 4 is 21.0 Å². The molecule has 1 aliphatic carbocycles. The largest absolute Gasteiger partial charge is 0.250 e. The molecule has 0 saturated carbocycles. The SMILES string of the molecule is CS(=O)(=O)c1ccc(C2=CC(CF)(CF)C=C2c2ccc(F)cc2)cc1. The van der Waals surface area contributed by atoms with E-state index in [4.69, 9.17) is 0 Å². The smallest absolute Gasteiger partial charge is 0.175 e. The fraction of sp³-hybridized carbons (Fsp3) is 0.200. The van der Waals surface area contributed by atoms with Gasteiger partial charge in [-0.25, -0.2) is 21.6 Å². The summed E-state index contributed by atoms with van der Waals surface area (Å²) in [6.07, 6.45) is 4.14. The van der Waals surface area contributed by atoms with E-state index in [0.29, 0.717) is 22.3 Å². The maximum absolute atomic E-state index is 13.5. The molecule has 0 aliphatic heterocycles. The van der Waals surface area contributed by atoms with Gasteiger partial charge in [0, 0.05) is 6.26 Å². The lowest BCUT2D eigenvalue weighted by atomic mass is 9.93. The van der Waals surface area contributed by atoms with Gasteiger partial charge < -0.3 is 0 Å². The Morgan fingerprint density at radius 2 is 1.23 bits per heavy atom. The lowest BCUT2D eigenvalue weighted by Gasteiger charge is -2.15. The molecule has 3 rings (SSSR count). The lowest BCUT2D eigenvalue weighted by Crippen LogP contribution is -2.18. The van der Waals surface area contributed by atoms with Gasteiger partial charge in [-0.15, -0.1) is 0 Å². The Hall–Kier alpha value is -2.34. The molecule has 26 heavy (non-hydrogen) atoms. The van der Waals surface area contributed by atoms with Crippen molar-refractivity contribution in [2.24, 2.45) is 5.41 Å². The molecule has 0 spiro atoms. The standard InChI is InChI=1S/C20H17F3O2S/c1-26(24,25)17-8-4-15(5-9-17)19-11-20(12-21,13-22)10-18(19)14-2-6-16(23)7-3-14/h2-11H,12-13H2,1H3. The summed E-state index contributed by atoms with van der Waals surface area (Å²) in [5.41, 5.74) is 1.08.